The zero-order valence-electron chi connectivity index (χ0n) is 15.5. The zero-order valence-corrected chi connectivity index (χ0v) is 15.5. The van der Waals surface area contributed by atoms with E-state index < -0.39 is 11.8 Å². The van der Waals surface area contributed by atoms with E-state index in [4.69, 9.17) is 0 Å². The van der Waals surface area contributed by atoms with E-state index in [9.17, 15) is 14.4 Å². The Bertz CT molecular complexity index is 859. The average molecular weight is 379 g/mol. The molecular weight excluding hydrogens is 358 g/mol. The normalized spacial score (nSPS) is 17.1. The van der Waals surface area contributed by atoms with Gasteiger partial charge in [0.05, 0.1) is 11.1 Å². The Morgan fingerprint density at radius 2 is 1.57 bits per heavy atom. The summed E-state index contributed by atoms with van der Waals surface area (Å²) in [6.07, 6.45) is 7.38. The Morgan fingerprint density at radius 3 is 2.29 bits per heavy atom. The fourth-order valence-corrected chi connectivity index (χ4v) is 3.57. The molecular formula is C20H21N5O3. The molecule has 0 aromatic carbocycles. The first-order valence-corrected chi connectivity index (χ1v) is 9.33. The van der Waals surface area contributed by atoms with Crippen LogP contribution < -0.4 is 0 Å². The van der Waals surface area contributed by atoms with Gasteiger partial charge in [-0.1, -0.05) is 0 Å². The Kier molecular flexibility index (Phi) is 5.12. The maximum atomic E-state index is 12.6. The summed E-state index contributed by atoms with van der Waals surface area (Å²) < 4.78 is 0. The minimum atomic E-state index is -0.447. The minimum Gasteiger partial charge on any atom is -0.339 e. The smallest absolute Gasteiger partial charge is 0.263 e. The summed E-state index contributed by atoms with van der Waals surface area (Å²) in [5.41, 5.74) is 1.82. The number of fused-ring (bicyclic) bond motifs is 1. The molecule has 3 amide bonds. The van der Waals surface area contributed by atoms with Gasteiger partial charge >= 0.3 is 0 Å². The number of nitrogens with zero attached hydrogens (tertiary/aromatic N) is 5. The fourth-order valence-electron chi connectivity index (χ4n) is 3.57. The van der Waals surface area contributed by atoms with Crippen molar-refractivity contribution in [1.29, 1.82) is 0 Å². The van der Waals surface area contributed by atoms with Crippen molar-refractivity contribution in [2.75, 3.05) is 39.3 Å². The van der Waals surface area contributed by atoms with Gasteiger partial charge in [0, 0.05) is 57.5 Å². The van der Waals surface area contributed by atoms with E-state index in [-0.39, 0.29) is 18.0 Å². The maximum Gasteiger partial charge on any atom is 0.263 e. The van der Waals surface area contributed by atoms with Crippen LogP contribution in [0.2, 0.25) is 0 Å². The molecule has 0 spiro atoms. The molecule has 2 aliphatic heterocycles. The fraction of sp³-hybridized carbons (Fsp3) is 0.350. The lowest BCUT2D eigenvalue weighted by Gasteiger charge is -2.35. The summed E-state index contributed by atoms with van der Waals surface area (Å²) in [6.45, 7) is 3.46. The van der Waals surface area contributed by atoms with Gasteiger partial charge in [-0.2, -0.15) is 0 Å². The van der Waals surface area contributed by atoms with E-state index in [2.05, 4.69) is 14.9 Å². The van der Waals surface area contributed by atoms with E-state index >= 15 is 0 Å². The molecule has 8 heteroatoms. The van der Waals surface area contributed by atoms with E-state index in [1.54, 1.807) is 17.3 Å². The number of hydrogen-bond acceptors (Lipinski definition) is 6. The van der Waals surface area contributed by atoms with Crippen molar-refractivity contribution in [2.45, 2.75) is 6.42 Å². The molecule has 0 bridgehead atoms. The molecule has 0 aliphatic carbocycles. The predicted molar refractivity (Wildman–Crippen MR) is 101 cm³/mol. The summed E-state index contributed by atoms with van der Waals surface area (Å²) in [7, 11) is 0. The largest absolute Gasteiger partial charge is 0.339 e. The molecule has 8 nitrogen and oxygen atoms in total. The molecule has 1 saturated heterocycles. The number of carbonyl (C=O) groups excluding carboxylic acids is 3. The first-order chi connectivity index (χ1) is 13.6. The minimum absolute atomic E-state index is 0.198. The third-order valence-electron chi connectivity index (χ3n) is 5.26. The van der Waals surface area contributed by atoms with Gasteiger partial charge in [-0.05, 0) is 30.2 Å². The van der Waals surface area contributed by atoms with E-state index in [1.807, 2.05) is 12.1 Å². The van der Waals surface area contributed by atoms with Crippen molar-refractivity contribution in [3.8, 4) is 0 Å². The van der Waals surface area contributed by atoms with Crippen molar-refractivity contribution in [2.24, 2.45) is 0 Å². The van der Waals surface area contributed by atoms with Crippen LogP contribution in [0.15, 0.2) is 43.0 Å². The SMILES string of the molecule is O=C(CN1C(=O)c2ccncc2C1=O)N1CCN(CCc2ccncc2)CC1. The number of amides is 3. The molecule has 4 heterocycles. The topological polar surface area (TPSA) is 86.7 Å². The second-order valence-corrected chi connectivity index (χ2v) is 6.95. The van der Waals surface area contributed by atoms with Gasteiger partial charge in [0.2, 0.25) is 5.91 Å². The third-order valence-corrected chi connectivity index (χ3v) is 5.26. The molecule has 0 unspecified atom stereocenters. The van der Waals surface area contributed by atoms with Crippen molar-refractivity contribution in [1.82, 2.24) is 24.7 Å². The highest BCUT2D eigenvalue weighted by Crippen LogP contribution is 2.21. The molecule has 0 saturated carbocycles. The summed E-state index contributed by atoms with van der Waals surface area (Å²) in [5.74, 6) is -1.07. The lowest BCUT2D eigenvalue weighted by atomic mass is 10.2. The summed E-state index contributed by atoms with van der Waals surface area (Å²) in [5, 5.41) is 0. The summed E-state index contributed by atoms with van der Waals surface area (Å²) >= 11 is 0. The van der Waals surface area contributed by atoms with E-state index in [1.165, 1.54) is 24.0 Å². The van der Waals surface area contributed by atoms with Crippen molar-refractivity contribution in [3.63, 3.8) is 0 Å². The summed E-state index contributed by atoms with van der Waals surface area (Å²) in [4.78, 5) is 50.4. The van der Waals surface area contributed by atoms with Gasteiger partial charge in [0.25, 0.3) is 11.8 Å². The number of rotatable bonds is 5. The Labute approximate surface area is 162 Å². The molecule has 2 aliphatic rings. The number of piperazine rings is 1. The molecule has 2 aromatic heterocycles. The van der Waals surface area contributed by atoms with Crippen LogP contribution >= 0.6 is 0 Å². The van der Waals surface area contributed by atoms with Gasteiger partial charge in [-0.15, -0.1) is 0 Å². The zero-order chi connectivity index (χ0) is 19.5. The van der Waals surface area contributed by atoms with E-state index in [0.29, 0.717) is 18.7 Å². The maximum absolute atomic E-state index is 12.6. The second-order valence-electron chi connectivity index (χ2n) is 6.95. The van der Waals surface area contributed by atoms with Crippen LogP contribution in [-0.4, -0.2) is 81.7 Å². The standard InChI is InChI=1S/C20H21N5O3/c26-18(14-25-19(27)16-3-7-22-13-17(16)20(25)28)24-11-9-23(10-12-24)8-4-15-1-5-21-6-2-15/h1-3,5-7,13H,4,8-12,14H2. The van der Waals surface area contributed by atoms with Crippen molar-refractivity contribution >= 4 is 17.7 Å². The number of pyridine rings is 2. The Hall–Kier alpha value is -3.13. The Balaban J connectivity index is 1.28. The van der Waals surface area contributed by atoms with Crippen LogP contribution in [0.1, 0.15) is 26.3 Å². The number of hydrogen-bond donors (Lipinski definition) is 0. The lowest BCUT2D eigenvalue weighted by Crippen LogP contribution is -2.52. The Morgan fingerprint density at radius 1 is 0.893 bits per heavy atom. The van der Waals surface area contributed by atoms with Gasteiger partial charge in [-0.3, -0.25) is 34.2 Å². The molecule has 4 rings (SSSR count). The van der Waals surface area contributed by atoms with Crippen LogP contribution in [0.3, 0.4) is 0 Å². The van der Waals surface area contributed by atoms with Crippen molar-refractivity contribution in [3.05, 3.63) is 59.7 Å². The summed E-state index contributed by atoms with van der Waals surface area (Å²) in [6, 6.07) is 5.54. The highest BCUT2D eigenvalue weighted by molar-refractivity contribution is 6.22. The molecule has 0 atom stereocenters. The van der Waals surface area contributed by atoms with Gasteiger partial charge in [0.1, 0.15) is 6.54 Å². The van der Waals surface area contributed by atoms with Gasteiger partial charge in [0.15, 0.2) is 0 Å². The predicted octanol–water partition coefficient (Wildman–Crippen LogP) is 0.460. The quantitative estimate of drug-likeness (QED) is 0.702. The molecule has 0 N–H and O–H groups in total. The highest BCUT2D eigenvalue weighted by atomic mass is 16.2. The van der Waals surface area contributed by atoms with Gasteiger partial charge < -0.3 is 4.90 Å². The first-order valence-electron chi connectivity index (χ1n) is 9.33. The highest BCUT2D eigenvalue weighted by Gasteiger charge is 2.37. The molecule has 1 fully saturated rings. The number of imide groups is 1. The van der Waals surface area contributed by atoms with Crippen LogP contribution in [0, 0.1) is 0 Å². The van der Waals surface area contributed by atoms with Crippen LogP contribution in [0.5, 0.6) is 0 Å². The average Bonchev–Trinajstić information content (AvgIpc) is 2.98. The molecule has 144 valence electrons. The van der Waals surface area contributed by atoms with Crippen LogP contribution in [0.4, 0.5) is 0 Å². The molecule has 28 heavy (non-hydrogen) atoms. The van der Waals surface area contributed by atoms with Gasteiger partial charge in [-0.25, -0.2) is 0 Å². The second kappa shape index (κ2) is 7.85. The van der Waals surface area contributed by atoms with Crippen molar-refractivity contribution < 1.29 is 14.4 Å². The molecule has 0 radical (unpaired) electrons. The monoisotopic (exact) mass is 379 g/mol. The van der Waals surface area contributed by atoms with E-state index in [0.717, 1.165) is 31.0 Å². The lowest BCUT2D eigenvalue weighted by molar-refractivity contribution is -0.133. The molecule has 2 aromatic rings. The van der Waals surface area contributed by atoms with Crippen LogP contribution in [0.25, 0.3) is 0 Å². The number of carbonyl (C=O) groups is 3. The van der Waals surface area contributed by atoms with Crippen LogP contribution in [-0.2, 0) is 11.2 Å². The third kappa shape index (κ3) is 3.63. The number of aromatic nitrogens is 2. The first kappa shape index (κ1) is 18.2.